The van der Waals surface area contributed by atoms with Gasteiger partial charge in [0.2, 0.25) is 5.91 Å². The van der Waals surface area contributed by atoms with Crippen LogP contribution < -0.4 is 11.1 Å². The Bertz CT molecular complexity index is 458. The number of nitrogens with one attached hydrogen (secondary N) is 1. The molecule has 1 amide bonds. The Morgan fingerprint density at radius 1 is 1.47 bits per heavy atom. The van der Waals surface area contributed by atoms with Crippen LogP contribution in [0.2, 0.25) is 5.02 Å². The number of rotatable bonds is 3. The maximum Gasteiger partial charge on any atom is 0.237 e. The number of nitrogens with two attached hydrogens (primary N) is 1. The van der Waals surface area contributed by atoms with Crippen LogP contribution >= 0.6 is 11.6 Å². The second kappa shape index (κ2) is 5.05. The van der Waals surface area contributed by atoms with Crippen molar-refractivity contribution in [2.75, 3.05) is 5.32 Å². The lowest BCUT2D eigenvalue weighted by Crippen LogP contribution is -2.42. The third kappa shape index (κ3) is 2.88. The summed E-state index contributed by atoms with van der Waals surface area (Å²) in [6.45, 7) is 3.10. The van der Waals surface area contributed by atoms with E-state index in [4.69, 9.17) is 22.5 Å². The number of para-hydroxylation sites is 1. The van der Waals surface area contributed by atoms with E-state index < -0.39 is 11.3 Å². The molecule has 0 aliphatic carbocycles. The topological polar surface area (TPSA) is 87.7 Å². The van der Waals surface area contributed by atoms with E-state index in [9.17, 15) is 4.79 Å². The van der Waals surface area contributed by atoms with Gasteiger partial charge in [0.25, 0.3) is 0 Å². The molecule has 0 saturated heterocycles. The molecule has 0 unspecified atom stereocenters. The first kappa shape index (κ1) is 13.3. The highest BCUT2D eigenvalue weighted by Crippen LogP contribution is 2.24. The van der Waals surface area contributed by atoms with Gasteiger partial charge < -0.3 is 16.3 Å². The summed E-state index contributed by atoms with van der Waals surface area (Å²) in [5.74, 6) is -0.567. The summed E-state index contributed by atoms with van der Waals surface area (Å²) in [6, 6.07) is 6.83. The summed E-state index contributed by atoms with van der Waals surface area (Å²) in [6.07, 6.45) is 0. The number of carbonyl (C=O) groups excluding carboxylic acids is 1. The molecular weight excluding hydrogens is 242 g/mol. The smallest absolute Gasteiger partial charge is 0.237 e. The molecule has 0 saturated carbocycles. The van der Waals surface area contributed by atoms with E-state index in [1.807, 2.05) is 0 Å². The van der Waals surface area contributed by atoms with E-state index in [0.29, 0.717) is 10.7 Å². The van der Waals surface area contributed by atoms with Crippen LogP contribution in [0.3, 0.4) is 0 Å². The first-order valence-electron chi connectivity index (χ1n) is 4.93. The Hall–Kier alpha value is -1.75. The first-order valence-corrected chi connectivity index (χ1v) is 5.31. The summed E-state index contributed by atoms with van der Waals surface area (Å²) in [5.41, 5.74) is 4.82. The normalized spacial score (nSPS) is 12.3. The Labute approximate surface area is 104 Å². The van der Waals surface area contributed by atoms with Crippen molar-refractivity contribution in [1.82, 2.24) is 0 Å². The van der Waals surface area contributed by atoms with Crippen LogP contribution in [0.1, 0.15) is 13.8 Å². The summed E-state index contributed by atoms with van der Waals surface area (Å²) in [5, 5.41) is 14.5. The minimum absolute atomic E-state index is 0.165. The van der Waals surface area contributed by atoms with Crippen LogP contribution in [-0.2, 0) is 4.79 Å². The number of hydrogen-bond acceptors (Lipinski definition) is 3. The van der Waals surface area contributed by atoms with Crippen molar-refractivity contribution >= 4 is 29.0 Å². The number of amidine groups is 1. The van der Waals surface area contributed by atoms with Gasteiger partial charge in [-0.15, -0.1) is 0 Å². The molecule has 1 aromatic carbocycles. The van der Waals surface area contributed by atoms with Crippen molar-refractivity contribution < 1.29 is 10.0 Å². The van der Waals surface area contributed by atoms with Gasteiger partial charge in [0, 0.05) is 0 Å². The minimum atomic E-state index is -1.12. The molecule has 0 aliphatic heterocycles. The second-order valence-electron chi connectivity index (χ2n) is 4.04. The Kier molecular flexibility index (Phi) is 3.96. The number of oxime groups is 1. The first-order chi connectivity index (χ1) is 7.89. The van der Waals surface area contributed by atoms with Crippen LogP contribution in [0, 0.1) is 5.41 Å². The van der Waals surface area contributed by atoms with Gasteiger partial charge in [-0.1, -0.05) is 28.9 Å². The van der Waals surface area contributed by atoms with Crippen LogP contribution in [0.4, 0.5) is 5.69 Å². The quantitative estimate of drug-likeness (QED) is 0.334. The van der Waals surface area contributed by atoms with Crippen molar-refractivity contribution in [3.63, 3.8) is 0 Å². The fourth-order valence-corrected chi connectivity index (χ4v) is 1.27. The van der Waals surface area contributed by atoms with Gasteiger partial charge in [0.15, 0.2) is 5.84 Å². The summed E-state index contributed by atoms with van der Waals surface area (Å²) in [4.78, 5) is 11.9. The predicted octanol–water partition coefficient (Wildman–Crippen LogP) is 2.05. The van der Waals surface area contributed by atoms with Gasteiger partial charge in [-0.05, 0) is 26.0 Å². The molecule has 0 bridgehead atoms. The molecule has 1 rings (SSSR count). The molecule has 4 N–H and O–H groups in total. The highest BCUT2D eigenvalue weighted by molar-refractivity contribution is 6.33. The number of hydrogen-bond donors (Lipinski definition) is 3. The number of nitrogens with zero attached hydrogens (tertiary/aromatic N) is 1. The largest absolute Gasteiger partial charge is 0.409 e. The van der Waals surface area contributed by atoms with Gasteiger partial charge in [-0.25, -0.2) is 0 Å². The van der Waals surface area contributed by atoms with Crippen LogP contribution in [0.25, 0.3) is 0 Å². The Morgan fingerprint density at radius 2 is 2.06 bits per heavy atom. The van der Waals surface area contributed by atoms with E-state index in [1.165, 1.54) is 0 Å². The van der Waals surface area contributed by atoms with Gasteiger partial charge in [0.1, 0.15) is 5.41 Å². The standard InChI is InChI=1S/C11H14ClN3O2/c1-11(2,9(13)15-17)10(16)14-8-6-4-3-5-7(8)12/h3-6,17H,1-2H3,(H2,13,15)(H,14,16). The fourth-order valence-electron chi connectivity index (χ4n) is 1.08. The SMILES string of the molecule is CC(C)(C(=O)Nc1ccccc1Cl)C(N)=NO. The van der Waals surface area contributed by atoms with E-state index in [2.05, 4.69) is 10.5 Å². The van der Waals surface area contributed by atoms with E-state index >= 15 is 0 Å². The van der Waals surface area contributed by atoms with Crippen molar-refractivity contribution in [3.05, 3.63) is 29.3 Å². The average molecular weight is 256 g/mol. The molecular formula is C11H14ClN3O2. The summed E-state index contributed by atoms with van der Waals surface area (Å²) in [7, 11) is 0. The lowest BCUT2D eigenvalue weighted by atomic mass is 9.91. The molecule has 1 aromatic rings. The number of anilines is 1. The van der Waals surface area contributed by atoms with Crippen molar-refractivity contribution in [3.8, 4) is 0 Å². The van der Waals surface area contributed by atoms with Crippen molar-refractivity contribution in [1.29, 1.82) is 0 Å². The minimum Gasteiger partial charge on any atom is -0.409 e. The fraction of sp³-hybridized carbons (Fsp3) is 0.273. The van der Waals surface area contributed by atoms with Gasteiger partial charge in [-0.2, -0.15) is 0 Å². The zero-order valence-electron chi connectivity index (χ0n) is 9.57. The average Bonchev–Trinajstić information content (AvgIpc) is 2.30. The van der Waals surface area contributed by atoms with E-state index in [1.54, 1.807) is 38.1 Å². The second-order valence-corrected chi connectivity index (χ2v) is 4.45. The lowest BCUT2D eigenvalue weighted by Gasteiger charge is -2.22. The van der Waals surface area contributed by atoms with Gasteiger partial charge in [-0.3, -0.25) is 4.79 Å². The highest BCUT2D eigenvalue weighted by Gasteiger charge is 2.33. The third-order valence-corrected chi connectivity index (χ3v) is 2.77. The van der Waals surface area contributed by atoms with E-state index in [-0.39, 0.29) is 5.84 Å². The van der Waals surface area contributed by atoms with Crippen molar-refractivity contribution in [2.45, 2.75) is 13.8 Å². The highest BCUT2D eigenvalue weighted by atomic mass is 35.5. The van der Waals surface area contributed by atoms with Gasteiger partial charge in [0.05, 0.1) is 10.7 Å². The summed E-state index contributed by atoms with van der Waals surface area (Å²) < 4.78 is 0. The molecule has 0 spiro atoms. The molecule has 5 nitrogen and oxygen atoms in total. The molecule has 0 aromatic heterocycles. The zero-order valence-corrected chi connectivity index (χ0v) is 10.3. The van der Waals surface area contributed by atoms with Crippen LogP contribution in [0.5, 0.6) is 0 Å². The van der Waals surface area contributed by atoms with Crippen molar-refractivity contribution in [2.24, 2.45) is 16.3 Å². The molecule has 0 aliphatic rings. The zero-order chi connectivity index (χ0) is 13.1. The summed E-state index contributed by atoms with van der Waals surface area (Å²) >= 11 is 5.91. The lowest BCUT2D eigenvalue weighted by molar-refractivity contribution is -0.121. The number of halogens is 1. The number of carbonyl (C=O) groups is 1. The number of benzene rings is 1. The van der Waals surface area contributed by atoms with Gasteiger partial charge >= 0.3 is 0 Å². The molecule has 92 valence electrons. The van der Waals surface area contributed by atoms with E-state index in [0.717, 1.165) is 0 Å². The Morgan fingerprint density at radius 3 is 2.59 bits per heavy atom. The molecule has 6 heteroatoms. The third-order valence-electron chi connectivity index (χ3n) is 2.44. The number of amides is 1. The molecule has 0 atom stereocenters. The maximum absolute atomic E-state index is 11.9. The Balaban J connectivity index is 2.91. The molecule has 0 heterocycles. The monoisotopic (exact) mass is 255 g/mol. The van der Waals surface area contributed by atoms with Crippen LogP contribution in [0.15, 0.2) is 29.4 Å². The maximum atomic E-state index is 11.9. The predicted molar refractivity (Wildman–Crippen MR) is 67.3 cm³/mol. The molecule has 0 radical (unpaired) electrons. The molecule has 17 heavy (non-hydrogen) atoms. The molecule has 0 fully saturated rings. The van der Waals surface area contributed by atoms with Crippen LogP contribution in [-0.4, -0.2) is 17.0 Å².